The Labute approximate surface area is 149 Å². The first-order valence-corrected chi connectivity index (χ1v) is 9.14. The lowest BCUT2D eigenvalue weighted by atomic mass is 9.94. The Balaban J connectivity index is 1.96. The number of nitrogens with zero attached hydrogens (tertiary/aromatic N) is 2. The van der Waals surface area contributed by atoms with Crippen molar-refractivity contribution in [1.29, 1.82) is 0 Å². The molecule has 1 aromatic carbocycles. The van der Waals surface area contributed by atoms with E-state index in [0.29, 0.717) is 17.9 Å². The summed E-state index contributed by atoms with van der Waals surface area (Å²) in [5, 5.41) is 10.9. The summed E-state index contributed by atoms with van der Waals surface area (Å²) in [6, 6.07) is 4.32. The second-order valence-electron chi connectivity index (χ2n) is 6.77. The molecule has 1 unspecified atom stereocenters. The van der Waals surface area contributed by atoms with Crippen molar-refractivity contribution in [2.24, 2.45) is 0 Å². The van der Waals surface area contributed by atoms with Crippen LogP contribution in [0.5, 0.6) is 5.75 Å². The molecule has 2 rings (SSSR count). The number of aliphatic hydroxyl groups is 1. The van der Waals surface area contributed by atoms with Gasteiger partial charge in [-0.1, -0.05) is 39.0 Å². The zero-order valence-corrected chi connectivity index (χ0v) is 15.2. The summed E-state index contributed by atoms with van der Waals surface area (Å²) >= 11 is 0. The third-order valence-corrected chi connectivity index (χ3v) is 4.33. The zero-order chi connectivity index (χ0) is 18.1. The summed E-state index contributed by atoms with van der Waals surface area (Å²) < 4.78 is 21.4. The maximum Gasteiger partial charge on any atom is 0.125 e. The first-order chi connectivity index (χ1) is 12.0. The third-order valence-electron chi connectivity index (χ3n) is 4.33. The van der Waals surface area contributed by atoms with Crippen LogP contribution >= 0.6 is 0 Å². The number of benzene rings is 1. The van der Waals surface area contributed by atoms with Gasteiger partial charge in [-0.25, -0.2) is 9.37 Å². The van der Waals surface area contributed by atoms with Crippen LogP contribution in [0, 0.1) is 5.82 Å². The van der Waals surface area contributed by atoms with Gasteiger partial charge < -0.3 is 14.4 Å². The van der Waals surface area contributed by atoms with Gasteiger partial charge in [0.15, 0.2) is 0 Å². The van der Waals surface area contributed by atoms with Crippen LogP contribution in [-0.2, 0) is 12.1 Å². The molecular formula is C20H29FN2O2. The van der Waals surface area contributed by atoms with Gasteiger partial charge in [0.05, 0.1) is 19.5 Å². The Hall–Kier alpha value is -1.88. The Morgan fingerprint density at radius 1 is 1.20 bits per heavy atom. The first-order valence-electron chi connectivity index (χ1n) is 9.14. The second kappa shape index (κ2) is 9.56. The molecule has 0 amide bonds. The van der Waals surface area contributed by atoms with Crippen molar-refractivity contribution in [2.45, 2.75) is 64.5 Å². The van der Waals surface area contributed by atoms with Crippen LogP contribution < -0.4 is 4.74 Å². The van der Waals surface area contributed by atoms with Gasteiger partial charge in [0.1, 0.15) is 17.2 Å². The van der Waals surface area contributed by atoms with Crippen LogP contribution in [0.1, 0.15) is 57.9 Å². The van der Waals surface area contributed by atoms with Crippen LogP contribution in [0.25, 0.3) is 0 Å². The molecule has 2 aromatic rings. The number of halogens is 1. The molecule has 0 saturated carbocycles. The SMILES string of the molecule is CCCCCCCCOc1ccc(F)cc1C(C)(O)Cn1ccnc1. The number of ether oxygens (including phenoxy) is 1. The topological polar surface area (TPSA) is 47.3 Å². The molecule has 0 radical (unpaired) electrons. The molecule has 1 aromatic heterocycles. The van der Waals surface area contributed by atoms with E-state index in [1.165, 1.54) is 37.8 Å². The number of hydrogen-bond donors (Lipinski definition) is 1. The van der Waals surface area contributed by atoms with E-state index in [1.54, 1.807) is 36.3 Å². The minimum atomic E-state index is -1.25. The largest absolute Gasteiger partial charge is 0.493 e. The van der Waals surface area contributed by atoms with E-state index in [1.807, 2.05) is 0 Å². The molecule has 0 bridgehead atoms. The number of hydrogen-bond acceptors (Lipinski definition) is 3. The summed E-state index contributed by atoms with van der Waals surface area (Å²) in [4.78, 5) is 3.98. The number of unbranched alkanes of at least 4 members (excludes halogenated alkanes) is 5. The van der Waals surface area contributed by atoms with Crippen molar-refractivity contribution in [2.75, 3.05) is 6.61 Å². The maximum absolute atomic E-state index is 13.7. The highest BCUT2D eigenvalue weighted by molar-refractivity contribution is 5.38. The molecule has 0 saturated heterocycles. The smallest absolute Gasteiger partial charge is 0.125 e. The molecule has 1 N–H and O–H groups in total. The molecule has 1 atom stereocenters. The highest BCUT2D eigenvalue weighted by Crippen LogP contribution is 2.32. The van der Waals surface area contributed by atoms with E-state index >= 15 is 0 Å². The van der Waals surface area contributed by atoms with Crippen LogP contribution in [0.15, 0.2) is 36.9 Å². The molecule has 0 fully saturated rings. The van der Waals surface area contributed by atoms with Crippen molar-refractivity contribution >= 4 is 0 Å². The molecule has 0 aliphatic heterocycles. The van der Waals surface area contributed by atoms with E-state index in [4.69, 9.17) is 4.74 Å². The van der Waals surface area contributed by atoms with Crippen molar-refractivity contribution < 1.29 is 14.2 Å². The third kappa shape index (κ3) is 6.16. The van der Waals surface area contributed by atoms with Gasteiger partial charge in [-0.2, -0.15) is 0 Å². The summed E-state index contributed by atoms with van der Waals surface area (Å²) in [6.45, 7) is 4.73. The van der Waals surface area contributed by atoms with Crippen LogP contribution in [0.4, 0.5) is 4.39 Å². The van der Waals surface area contributed by atoms with Crippen molar-refractivity contribution in [3.63, 3.8) is 0 Å². The fourth-order valence-corrected chi connectivity index (χ4v) is 2.93. The summed E-state index contributed by atoms with van der Waals surface area (Å²) in [5.74, 6) is 0.160. The van der Waals surface area contributed by atoms with E-state index < -0.39 is 5.60 Å². The van der Waals surface area contributed by atoms with Gasteiger partial charge in [0.2, 0.25) is 0 Å². The van der Waals surface area contributed by atoms with Crippen molar-refractivity contribution in [3.05, 3.63) is 48.3 Å². The van der Waals surface area contributed by atoms with E-state index in [0.717, 1.165) is 12.8 Å². The highest BCUT2D eigenvalue weighted by atomic mass is 19.1. The predicted molar refractivity (Wildman–Crippen MR) is 97.1 cm³/mol. The normalized spacial score (nSPS) is 13.6. The van der Waals surface area contributed by atoms with Crippen molar-refractivity contribution in [3.8, 4) is 5.75 Å². The van der Waals surface area contributed by atoms with E-state index in [-0.39, 0.29) is 12.4 Å². The average molecular weight is 348 g/mol. The Bertz CT molecular complexity index is 627. The van der Waals surface area contributed by atoms with Gasteiger partial charge >= 0.3 is 0 Å². The van der Waals surface area contributed by atoms with Gasteiger partial charge in [-0.3, -0.25) is 0 Å². The van der Waals surface area contributed by atoms with Gasteiger partial charge in [0, 0.05) is 18.0 Å². The molecular weight excluding hydrogens is 319 g/mol. The number of imidazole rings is 1. The van der Waals surface area contributed by atoms with Gasteiger partial charge in [-0.05, 0) is 31.5 Å². The van der Waals surface area contributed by atoms with E-state index in [2.05, 4.69) is 11.9 Å². The van der Waals surface area contributed by atoms with Gasteiger partial charge in [-0.15, -0.1) is 0 Å². The minimum absolute atomic E-state index is 0.282. The predicted octanol–water partition coefficient (Wildman–Crippen LogP) is 4.67. The molecule has 138 valence electrons. The molecule has 4 nitrogen and oxygen atoms in total. The quantitative estimate of drug-likeness (QED) is 0.600. The molecule has 0 aliphatic rings. The molecule has 1 heterocycles. The molecule has 25 heavy (non-hydrogen) atoms. The van der Waals surface area contributed by atoms with Crippen LogP contribution in [0.2, 0.25) is 0 Å². The minimum Gasteiger partial charge on any atom is -0.493 e. The van der Waals surface area contributed by atoms with Gasteiger partial charge in [0.25, 0.3) is 0 Å². The van der Waals surface area contributed by atoms with Crippen LogP contribution in [-0.4, -0.2) is 21.3 Å². The molecule has 5 heteroatoms. The van der Waals surface area contributed by atoms with Crippen LogP contribution in [0.3, 0.4) is 0 Å². The van der Waals surface area contributed by atoms with E-state index in [9.17, 15) is 9.50 Å². The number of rotatable bonds is 11. The average Bonchev–Trinajstić information content (AvgIpc) is 3.07. The number of aromatic nitrogens is 2. The Morgan fingerprint density at radius 2 is 1.96 bits per heavy atom. The lowest BCUT2D eigenvalue weighted by Gasteiger charge is -2.26. The Morgan fingerprint density at radius 3 is 2.68 bits per heavy atom. The molecule has 0 spiro atoms. The highest BCUT2D eigenvalue weighted by Gasteiger charge is 2.28. The standard InChI is InChI=1S/C20H29FN2O2/c1-3-4-5-6-7-8-13-25-19-10-9-17(21)14-18(19)20(2,24)15-23-12-11-22-16-23/h9-12,14,16,24H,3-8,13,15H2,1-2H3. The lowest BCUT2D eigenvalue weighted by molar-refractivity contribution is 0.0348. The maximum atomic E-state index is 13.7. The molecule has 0 aliphatic carbocycles. The zero-order valence-electron chi connectivity index (χ0n) is 15.2. The summed E-state index contributed by atoms with van der Waals surface area (Å²) in [6.07, 6.45) is 12.1. The van der Waals surface area contributed by atoms with Crippen molar-refractivity contribution in [1.82, 2.24) is 9.55 Å². The summed E-state index contributed by atoms with van der Waals surface area (Å²) in [7, 11) is 0. The monoisotopic (exact) mass is 348 g/mol. The lowest BCUT2D eigenvalue weighted by Crippen LogP contribution is -2.28. The first kappa shape index (κ1) is 19.4. The fraction of sp³-hybridized carbons (Fsp3) is 0.550. The fourth-order valence-electron chi connectivity index (χ4n) is 2.93. The second-order valence-corrected chi connectivity index (χ2v) is 6.77. The Kier molecular flexibility index (Phi) is 7.44. The summed E-state index contributed by atoms with van der Waals surface area (Å²) in [5.41, 5.74) is -0.786.